The van der Waals surface area contributed by atoms with E-state index in [2.05, 4.69) is 15.3 Å². The first kappa shape index (κ1) is 15.6. The van der Waals surface area contributed by atoms with Gasteiger partial charge in [-0.05, 0) is 13.8 Å². The van der Waals surface area contributed by atoms with Crippen LogP contribution in [0.15, 0.2) is 0 Å². The Labute approximate surface area is 116 Å². The van der Waals surface area contributed by atoms with Crippen LogP contribution in [0.4, 0.5) is 11.5 Å². The Kier molecular flexibility index (Phi) is 4.65. The number of aliphatic hydroxyl groups excluding tert-OH is 1. The third kappa shape index (κ3) is 3.74. The highest BCUT2D eigenvalue weighted by Gasteiger charge is 2.28. The standard InChI is InChI=1S/C11H17ClN4O3/c1-6(2)9-13-8(12)7(16(18)19)10(14-9)15-11(3,4)5-17/h6,17H,5H2,1-4H3,(H,13,14,15). The van der Waals surface area contributed by atoms with Gasteiger partial charge in [-0.3, -0.25) is 10.1 Å². The zero-order valence-electron chi connectivity index (χ0n) is 11.3. The first-order chi connectivity index (χ1) is 8.68. The number of hydrogen-bond donors (Lipinski definition) is 2. The summed E-state index contributed by atoms with van der Waals surface area (Å²) in [5.41, 5.74) is -1.14. The summed E-state index contributed by atoms with van der Waals surface area (Å²) >= 11 is 5.85. The average molecular weight is 289 g/mol. The summed E-state index contributed by atoms with van der Waals surface area (Å²) in [7, 11) is 0. The second-order valence-corrected chi connectivity index (χ2v) is 5.51. The molecule has 2 N–H and O–H groups in total. The van der Waals surface area contributed by atoms with E-state index < -0.39 is 10.5 Å². The third-order valence-electron chi connectivity index (χ3n) is 2.41. The minimum Gasteiger partial charge on any atom is -0.394 e. The van der Waals surface area contributed by atoms with E-state index in [9.17, 15) is 15.2 Å². The predicted octanol–water partition coefficient (Wildman–Crippen LogP) is 2.34. The normalized spacial score (nSPS) is 11.7. The van der Waals surface area contributed by atoms with E-state index in [1.165, 1.54) is 0 Å². The van der Waals surface area contributed by atoms with Crippen molar-refractivity contribution in [3.8, 4) is 0 Å². The van der Waals surface area contributed by atoms with E-state index in [0.29, 0.717) is 5.82 Å². The van der Waals surface area contributed by atoms with Crippen molar-refractivity contribution < 1.29 is 10.0 Å². The van der Waals surface area contributed by atoms with Gasteiger partial charge in [0.2, 0.25) is 11.0 Å². The number of rotatable bonds is 5. The molecule has 0 saturated carbocycles. The van der Waals surface area contributed by atoms with Crippen molar-refractivity contribution in [3.63, 3.8) is 0 Å². The fourth-order valence-corrected chi connectivity index (χ4v) is 1.56. The number of aromatic nitrogens is 2. The fraction of sp³-hybridized carbons (Fsp3) is 0.636. The molecule has 0 amide bonds. The number of anilines is 1. The summed E-state index contributed by atoms with van der Waals surface area (Å²) in [5, 5.41) is 22.9. The molecule has 0 aromatic carbocycles. The molecule has 0 atom stereocenters. The van der Waals surface area contributed by atoms with Gasteiger partial charge in [-0.25, -0.2) is 9.97 Å². The van der Waals surface area contributed by atoms with Crippen LogP contribution in [-0.2, 0) is 0 Å². The van der Waals surface area contributed by atoms with Crippen molar-refractivity contribution >= 4 is 23.1 Å². The molecule has 7 nitrogen and oxygen atoms in total. The summed E-state index contributed by atoms with van der Waals surface area (Å²) < 4.78 is 0. The van der Waals surface area contributed by atoms with Crippen molar-refractivity contribution in [3.05, 3.63) is 21.1 Å². The number of halogens is 1. The lowest BCUT2D eigenvalue weighted by atomic mass is 10.1. The Morgan fingerprint density at radius 1 is 1.47 bits per heavy atom. The van der Waals surface area contributed by atoms with Crippen LogP contribution in [-0.4, -0.2) is 32.1 Å². The van der Waals surface area contributed by atoms with Crippen LogP contribution in [0.2, 0.25) is 5.15 Å². The summed E-state index contributed by atoms with van der Waals surface area (Å²) in [6.45, 7) is 6.91. The molecule has 0 bridgehead atoms. The van der Waals surface area contributed by atoms with Crippen LogP contribution >= 0.6 is 11.6 Å². The lowest BCUT2D eigenvalue weighted by Gasteiger charge is -2.24. The van der Waals surface area contributed by atoms with Gasteiger partial charge in [-0.1, -0.05) is 25.4 Å². The zero-order valence-corrected chi connectivity index (χ0v) is 12.0. The second kappa shape index (κ2) is 5.66. The van der Waals surface area contributed by atoms with E-state index >= 15 is 0 Å². The number of nitrogens with zero attached hydrogens (tertiary/aromatic N) is 3. The van der Waals surface area contributed by atoms with Gasteiger partial charge < -0.3 is 10.4 Å². The molecule has 1 heterocycles. The molecule has 1 aromatic heterocycles. The monoisotopic (exact) mass is 288 g/mol. The molecule has 0 unspecified atom stereocenters. The van der Waals surface area contributed by atoms with Crippen LogP contribution in [0, 0.1) is 10.1 Å². The Balaban J connectivity index is 3.36. The molecule has 0 aliphatic heterocycles. The molecule has 1 rings (SSSR count). The lowest BCUT2D eigenvalue weighted by molar-refractivity contribution is -0.384. The molecule has 0 radical (unpaired) electrons. The van der Waals surface area contributed by atoms with E-state index in [4.69, 9.17) is 11.6 Å². The molecule has 0 spiro atoms. The lowest BCUT2D eigenvalue weighted by Crippen LogP contribution is -2.35. The molecular formula is C11H17ClN4O3. The van der Waals surface area contributed by atoms with Crippen LogP contribution in [0.25, 0.3) is 0 Å². The molecule has 0 aliphatic carbocycles. The van der Waals surface area contributed by atoms with Crippen molar-refractivity contribution in [2.75, 3.05) is 11.9 Å². The molecule has 0 saturated heterocycles. The maximum Gasteiger partial charge on any atom is 0.348 e. The van der Waals surface area contributed by atoms with Gasteiger partial charge in [-0.15, -0.1) is 0 Å². The topological polar surface area (TPSA) is 101 Å². The summed E-state index contributed by atoms with van der Waals surface area (Å²) in [4.78, 5) is 18.4. The molecule has 8 heteroatoms. The van der Waals surface area contributed by atoms with Crippen LogP contribution < -0.4 is 5.32 Å². The van der Waals surface area contributed by atoms with E-state index in [1.54, 1.807) is 13.8 Å². The highest BCUT2D eigenvalue weighted by atomic mass is 35.5. The largest absolute Gasteiger partial charge is 0.394 e. The van der Waals surface area contributed by atoms with Gasteiger partial charge in [0.1, 0.15) is 5.82 Å². The minimum absolute atomic E-state index is 0.0175. The van der Waals surface area contributed by atoms with E-state index in [0.717, 1.165) is 0 Å². The number of aliphatic hydroxyl groups is 1. The molecule has 19 heavy (non-hydrogen) atoms. The van der Waals surface area contributed by atoms with Crippen LogP contribution in [0.5, 0.6) is 0 Å². The van der Waals surface area contributed by atoms with Crippen molar-refractivity contribution in [2.24, 2.45) is 0 Å². The second-order valence-electron chi connectivity index (χ2n) is 5.15. The van der Waals surface area contributed by atoms with Crippen LogP contribution in [0.1, 0.15) is 39.4 Å². The van der Waals surface area contributed by atoms with E-state index in [1.807, 2.05) is 13.8 Å². The fourth-order valence-electron chi connectivity index (χ4n) is 1.31. The highest BCUT2D eigenvalue weighted by molar-refractivity contribution is 6.31. The molecule has 0 fully saturated rings. The van der Waals surface area contributed by atoms with Crippen molar-refractivity contribution in [1.82, 2.24) is 9.97 Å². The quantitative estimate of drug-likeness (QED) is 0.490. The first-order valence-corrected chi connectivity index (χ1v) is 6.16. The number of hydrogen-bond acceptors (Lipinski definition) is 6. The SMILES string of the molecule is CC(C)c1nc(Cl)c([N+](=O)[O-])c(NC(C)(C)CO)n1. The van der Waals surface area contributed by atoms with Crippen LogP contribution in [0.3, 0.4) is 0 Å². The number of nitro groups is 1. The van der Waals surface area contributed by atoms with Gasteiger partial charge in [-0.2, -0.15) is 0 Å². The Bertz CT molecular complexity index is 491. The third-order valence-corrected chi connectivity index (χ3v) is 2.67. The minimum atomic E-state index is -0.753. The summed E-state index contributed by atoms with van der Waals surface area (Å²) in [5.74, 6) is 0.413. The highest BCUT2D eigenvalue weighted by Crippen LogP contribution is 2.32. The van der Waals surface area contributed by atoms with Crippen molar-refractivity contribution in [1.29, 1.82) is 0 Å². The first-order valence-electron chi connectivity index (χ1n) is 5.79. The molecule has 0 aliphatic rings. The molecular weight excluding hydrogens is 272 g/mol. The Morgan fingerprint density at radius 2 is 2.05 bits per heavy atom. The van der Waals surface area contributed by atoms with Gasteiger partial charge in [0.05, 0.1) is 17.1 Å². The summed E-state index contributed by atoms with van der Waals surface area (Å²) in [6, 6.07) is 0. The number of nitrogens with one attached hydrogen (secondary N) is 1. The Morgan fingerprint density at radius 3 is 2.47 bits per heavy atom. The van der Waals surface area contributed by atoms with Crippen molar-refractivity contribution in [2.45, 2.75) is 39.2 Å². The van der Waals surface area contributed by atoms with Gasteiger partial charge in [0, 0.05) is 5.92 Å². The maximum atomic E-state index is 11.0. The zero-order chi connectivity index (χ0) is 14.8. The van der Waals surface area contributed by atoms with Gasteiger partial charge >= 0.3 is 5.69 Å². The summed E-state index contributed by atoms with van der Waals surface area (Å²) in [6.07, 6.45) is 0. The van der Waals surface area contributed by atoms with Gasteiger partial charge in [0.15, 0.2) is 0 Å². The smallest absolute Gasteiger partial charge is 0.348 e. The molecule has 1 aromatic rings. The average Bonchev–Trinajstić information content (AvgIpc) is 2.27. The molecule has 106 valence electrons. The van der Waals surface area contributed by atoms with E-state index in [-0.39, 0.29) is 29.2 Å². The predicted molar refractivity (Wildman–Crippen MR) is 72.6 cm³/mol. The maximum absolute atomic E-state index is 11.0. The Hall–Kier alpha value is -1.47. The van der Waals surface area contributed by atoms with Gasteiger partial charge in [0.25, 0.3) is 0 Å².